The van der Waals surface area contributed by atoms with E-state index in [9.17, 15) is 8.42 Å². The summed E-state index contributed by atoms with van der Waals surface area (Å²) in [4.78, 5) is 0.340. The Kier molecular flexibility index (Phi) is 6.65. The maximum absolute atomic E-state index is 12.4. The molecule has 0 saturated heterocycles. The Morgan fingerprint density at radius 1 is 1.20 bits per heavy atom. The van der Waals surface area contributed by atoms with E-state index in [1.54, 1.807) is 18.2 Å². The fourth-order valence-corrected chi connectivity index (χ4v) is 3.59. The van der Waals surface area contributed by atoms with E-state index >= 15 is 0 Å². The maximum atomic E-state index is 12.4. The van der Waals surface area contributed by atoms with Crippen molar-refractivity contribution in [3.8, 4) is 0 Å². The molecule has 0 bridgehead atoms. The second kappa shape index (κ2) is 7.76. The highest BCUT2D eigenvalue weighted by atomic mass is 32.2. The number of hydrogen-bond donors (Lipinski definition) is 2. The lowest BCUT2D eigenvalue weighted by Gasteiger charge is -2.20. The molecule has 0 amide bonds. The highest BCUT2D eigenvalue weighted by Gasteiger charge is 2.21. The lowest BCUT2D eigenvalue weighted by atomic mass is 10.0. The van der Waals surface area contributed by atoms with Crippen molar-refractivity contribution in [2.45, 2.75) is 51.6 Å². The van der Waals surface area contributed by atoms with E-state index in [-0.39, 0.29) is 12.0 Å². The molecule has 0 aliphatic rings. The van der Waals surface area contributed by atoms with Gasteiger partial charge in [0.15, 0.2) is 0 Å². The third kappa shape index (κ3) is 4.89. The topological polar surface area (TPSA) is 58.2 Å². The minimum absolute atomic E-state index is 0.0302. The van der Waals surface area contributed by atoms with Crippen LogP contribution in [0.4, 0.5) is 0 Å². The highest BCUT2D eigenvalue weighted by Crippen LogP contribution is 2.15. The fourth-order valence-electron chi connectivity index (χ4n) is 2.05. The molecule has 0 spiro atoms. The predicted molar refractivity (Wildman–Crippen MR) is 83.1 cm³/mol. The van der Waals surface area contributed by atoms with Crippen LogP contribution in [0.5, 0.6) is 0 Å². The molecule has 0 aliphatic carbocycles. The van der Waals surface area contributed by atoms with E-state index in [2.05, 4.69) is 10.0 Å². The first-order chi connectivity index (χ1) is 9.40. The molecule has 4 nitrogen and oxygen atoms in total. The summed E-state index contributed by atoms with van der Waals surface area (Å²) in [7, 11) is -3.44. The monoisotopic (exact) mass is 298 g/mol. The smallest absolute Gasteiger partial charge is 0.240 e. The summed E-state index contributed by atoms with van der Waals surface area (Å²) in [6.45, 7) is 9.61. The van der Waals surface area contributed by atoms with Gasteiger partial charge >= 0.3 is 0 Å². The first-order valence-corrected chi connectivity index (χ1v) is 8.71. The third-order valence-electron chi connectivity index (χ3n) is 3.34. The van der Waals surface area contributed by atoms with Gasteiger partial charge in [0, 0.05) is 12.6 Å². The van der Waals surface area contributed by atoms with Gasteiger partial charge in [0.05, 0.1) is 4.90 Å². The zero-order chi connectivity index (χ0) is 15.2. The molecule has 0 radical (unpaired) electrons. The number of sulfonamides is 1. The SMILES string of the molecule is CCNCc1cccc(S(=O)(=O)NC(CC)C(C)C)c1. The standard InChI is InChI=1S/C15H26N2O2S/c1-5-15(12(3)4)17-20(18,19)14-9-7-8-13(10-14)11-16-6-2/h7-10,12,15-17H,5-6,11H2,1-4H3. The Hall–Kier alpha value is -0.910. The molecule has 0 saturated carbocycles. The van der Waals surface area contributed by atoms with Gasteiger partial charge in [-0.1, -0.05) is 39.8 Å². The van der Waals surface area contributed by atoms with Crippen molar-refractivity contribution in [1.82, 2.24) is 10.0 Å². The first kappa shape index (κ1) is 17.1. The van der Waals surface area contributed by atoms with Crippen LogP contribution in [-0.2, 0) is 16.6 Å². The molecule has 1 unspecified atom stereocenters. The molecule has 0 aliphatic heterocycles. The predicted octanol–water partition coefficient (Wildman–Crippen LogP) is 2.51. The van der Waals surface area contributed by atoms with Crippen LogP contribution in [0.15, 0.2) is 29.2 Å². The maximum Gasteiger partial charge on any atom is 0.240 e. The van der Waals surface area contributed by atoms with E-state index in [0.29, 0.717) is 11.4 Å². The summed E-state index contributed by atoms with van der Waals surface area (Å²) in [5, 5.41) is 3.20. The lowest BCUT2D eigenvalue weighted by Crippen LogP contribution is -2.38. The molecule has 0 aromatic heterocycles. The van der Waals surface area contributed by atoms with Gasteiger partial charge in [-0.05, 0) is 36.6 Å². The van der Waals surface area contributed by atoms with Crippen molar-refractivity contribution in [3.63, 3.8) is 0 Å². The van der Waals surface area contributed by atoms with Gasteiger partial charge < -0.3 is 5.32 Å². The summed E-state index contributed by atoms with van der Waals surface area (Å²) in [5.41, 5.74) is 0.979. The minimum atomic E-state index is -3.44. The second-order valence-electron chi connectivity index (χ2n) is 5.31. The molecule has 114 valence electrons. The zero-order valence-corrected chi connectivity index (χ0v) is 13.6. The van der Waals surface area contributed by atoms with E-state index in [1.165, 1.54) is 0 Å². The Labute approximate surface area is 123 Å². The van der Waals surface area contributed by atoms with Gasteiger partial charge in [-0.15, -0.1) is 0 Å². The van der Waals surface area contributed by atoms with Crippen LogP contribution in [-0.4, -0.2) is 21.0 Å². The van der Waals surface area contributed by atoms with Gasteiger partial charge in [0.2, 0.25) is 10.0 Å². The normalized spacial score (nSPS) is 13.7. The van der Waals surface area contributed by atoms with Crippen LogP contribution < -0.4 is 10.0 Å². The van der Waals surface area contributed by atoms with Gasteiger partial charge in [-0.25, -0.2) is 13.1 Å². The molecule has 1 rings (SSSR count). The summed E-state index contributed by atoms with van der Waals surface area (Å²) in [5.74, 6) is 0.278. The molecule has 0 heterocycles. The van der Waals surface area contributed by atoms with Gasteiger partial charge in [0.1, 0.15) is 0 Å². The highest BCUT2D eigenvalue weighted by molar-refractivity contribution is 7.89. The molecular formula is C15H26N2O2S. The average molecular weight is 298 g/mol. The van der Waals surface area contributed by atoms with Crippen LogP contribution in [0, 0.1) is 5.92 Å². The summed E-state index contributed by atoms with van der Waals surface area (Å²) >= 11 is 0. The van der Waals surface area contributed by atoms with Crippen molar-refractivity contribution in [2.24, 2.45) is 5.92 Å². The Balaban J connectivity index is 2.91. The van der Waals surface area contributed by atoms with Crippen molar-refractivity contribution >= 4 is 10.0 Å². The van der Waals surface area contributed by atoms with Crippen LogP contribution in [0.3, 0.4) is 0 Å². The van der Waals surface area contributed by atoms with Crippen LogP contribution in [0.1, 0.15) is 39.7 Å². The molecule has 5 heteroatoms. The largest absolute Gasteiger partial charge is 0.313 e. The van der Waals surface area contributed by atoms with Crippen molar-refractivity contribution in [2.75, 3.05) is 6.54 Å². The summed E-state index contributed by atoms with van der Waals surface area (Å²) in [6, 6.07) is 7.07. The molecule has 20 heavy (non-hydrogen) atoms. The van der Waals surface area contributed by atoms with Crippen LogP contribution in [0.25, 0.3) is 0 Å². The van der Waals surface area contributed by atoms with Crippen molar-refractivity contribution in [3.05, 3.63) is 29.8 Å². The lowest BCUT2D eigenvalue weighted by molar-refractivity contribution is 0.437. The number of nitrogens with one attached hydrogen (secondary N) is 2. The molecule has 2 N–H and O–H groups in total. The van der Waals surface area contributed by atoms with Crippen molar-refractivity contribution in [1.29, 1.82) is 0 Å². The summed E-state index contributed by atoms with van der Waals surface area (Å²) < 4.78 is 27.6. The quantitative estimate of drug-likeness (QED) is 0.775. The summed E-state index contributed by atoms with van der Waals surface area (Å²) in [6.07, 6.45) is 0.786. The van der Waals surface area contributed by atoms with E-state index in [4.69, 9.17) is 0 Å². The first-order valence-electron chi connectivity index (χ1n) is 7.22. The molecular weight excluding hydrogens is 272 g/mol. The Morgan fingerprint density at radius 2 is 1.90 bits per heavy atom. The molecule has 1 aromatic rings. The number of hydrogen-bond acceptors (Lipinski definition) is 3. The molecule has 0 fully saturated rings. The van der Waals surface area contributed by atoms with E-state index in [0.717, 1.165) is 18.5 Å². The van der Waals surface area contributed by atoms with E-state index < -0.39 is 10.0 Å². The van der Waals surface area contributed by atoms with Crippen molar-refractivity contribution < 1.29 is 8.42 Å². The van der Waals surface area contributed by atoms with Crippen LogP contribution >= 0.6 is 0 Å². The fraction of sp³-hybridized carbons (Fsp3) is 0.600. The molecule has 1 aromatic carbocycles. The number of benzene rings is 1. The van der Waals surface area contributed by atoms with Gasteiger partial charge in [-0.2, -0.15) is 0 Å². The van der Waals surface area contributed by atoms with Gasteiger partial charge in [-0.3, -0.25) is 0 Å². The number of rotatable bonds is 8. The average Bonchev–Trinajstić information content (AvgIpc) is 2.42. The third-order valence-corrected chi connectivity index (χ3v) is 4.83. The molecule has 1 atom stereocenters. The zero-order valence-electron chi connectivity index (χ0n) is 12.8. The minimum Gasteiger partial charge on any atom is -0.313 e. The van der Waals surface area contributed by atoms with Crippen LogP contribution in [0.2, 0.25) is 0 Å². The van der Waals surface area contributed by atoms with E-state index in [1.807, 2.05) is 33.8 Å². The Morgan fingerprint density at radius 3 is 2.45 bits per heavy atom. The van der Waals surface area contributed by atoms with Gasteiger partial charge in [0.25, 0.3) is 0 Å². The Bertz CT molecular complexity index is 512. The second-order valence-corrected chi connectivity index (χ2v) is 7.02.